The molecule has 1 aliphatic heterocycles. The van der Waals surface area contributed by atoms with Crippen molar-refractivity contribution in [3.8, 4) is 0 Å². The number of aryl methyl sites for hydroxylation is 1. The van der Waals surface area contributed by atoms with Gasteiger partial charge in [-0.1, -0.05) is 18.2 Å². The van der Waals surface area contributed by atoms with Crippen LogP contribution >= 0.6 is 0 Å². The summed E-state index contributed by atoms with van der Waals surface area (Å²) in [7, 11) is 0. The van der Waals surface area contributed by atoms with Crippen molar-refractivity contribution in [3.05, 3.63) is 65.5 Å². The Morgan fingerprint density at radius 1 is 1.10 bits per heavy atom. The molecule has 29 heavy (non-hydrogen) atoms. The summed E-state index contributed by atoms with van der Waals surface area (Å²) in [5, 5.41) is 14.7. The van der Waals surface area contributed by atoms with E-state index in [1.165, 1.54) is 30.3 Å². The number of rotatable bonds is 6. The minimum Gasteiger partial charge on any atom is -0.478 e. The van der Waals surface area contributed by atoms with Crippen molar-refractivity contribution in [3.63, 3.8) is 0 Å². The molecule has 1 saturated heterocycles. The van der Waals surface area contributed by atoms with E-state index >= 15 is 0 Å². The highest BCUT2D eigenvalue weighted by Crippen LogP contribution is 2.15. The lowest BCUT2D eigenvalue weighted by Crippen LogP contribution is -2.40. The lowest BCUT2D eigenvalue weighted by molar-refractivity contribution is -0.130. The van der Waals surface area contributed by atoms with Crippen LogP contribution in [0.2, 0.25) is 0 Å². The van der Waals surface area contributed by atoms with Crippen LogP contribution in [0, 0.1) is 5.82 Å². The lowest BCUT2D eigenvalue weighted by Gasteiger charge is -2.17. The second-order valence-electron chi connectivity index (χ2n) is 6.89. The Balaban J connectivity index is 1.46. The molecule has 0 bridgehead atoms. The van der Waals surface area contributed by atoms with E-state index in [0.717, 1.165) is 0 Å². The fraction of sp³-hybridized carbons (Fsp3) is 0.286. The van der Waals surface area contributed by atoms with Crippen molar-refractivity contribution >= 4 is 23.6 Å². The van der Waals surface area contributed by atoms with Crippen molar-refractivity contribution in [1.82, 2.24) is 10.2 Å². The fourth-order valence-corrected chi connectivity index (χ4v) is 3.34. The van der Waals surface area contributed by atoms with Crippen LogP contribution in [-0.4, -0.2) is 47.0 Å². The summed E-state index contributed by atoms with van der Waals surface area (Å²) in [5.41, 5.74) is 1.31. The maximum atomic E-state index is 12.9. The summed E-state index contributed by atoms with van der Waals surface area (Å²) in [4.78, 5) is 37.5. The number of hydrogen-bond acceptors (Lipinski definition) is 3. The number of nitrogens with zero attached hydrogens (tertiary/aromatic N) is 1. The first kappa shape index (κ1) is 20.3. The van der Waals surface area contributed by atoms with Crippen molar-refractivity contribution < 1.29 is 23.9 Å². The zero-order chi connectivity index (χ0) is 20.8. The molecule has 3 amide bonds. The Hall–Kier alpha value is -3.42. The number of hydrogen-bond donors (Lipinski definition) is 3. The highest BCUT2D eigenvalue weighted by atomic mass is 19.1. The Labute approximate surface area is 167 Å². The van der Waals surface area contributed by atoms with Gasteiger partial charge in [0, 0.05) is 31.2 Å². The molecule has 8 heteroatoms. The number of carboxylic acids is 1. The van der Waals surface area contributed by atoms with Crippen molar-refractivity contribution in [1.29, 1.82) is 0 Å². The van der Waals surface area contributed by atoms with Crippen LogP contribution in [0.25, 0.3) is 0 Å². The van der Waals surface area contributed by atoms with E-state index in [1.54, 1.807) is 23.1 Å². The van der Waals surface area contributed by atoms with Gasteiger partial charge in [0.1, 0.15) is 5.82 Å². The molecule has 7 nitrogen and oxygen atoms in total. The van der Waals surface area contributed by atoms with Gasteiger partial charge in [-0.3, -0.25) is 4.79 Å². The minimum absolute atomic E-state index is 0.0755. The smallest absolute Gasteiger partial charge is 0.335 e. The Morgan fingerprint density at radius 2 is 1.83 bits per heavy atom. The highest BCUT2D eigenvalue weighted by molar-refractivity contribution is 5.90. The monoisotopic (exact) mass is 399 g/mol. The van der Waals surface area contributed by atoms with Gasteiger partial charge < -0.3 is 20.6 Å². The molecular formula is C21H22FN3O4. The molecule has 0 aromatic heterocycles. The largest absolute Gasteiger partial charge is 0.478 e. The maximum absolute atomic E-state index is 12.9. The molecule has 0 saturated carbocycles. The van der Waals surface area contributed by atoms with Gasteiger partial charge in [-0.2, -0.15) is 0 Å². The van der Waals surface area contributed by atoms with E-state index in [-0.39, 0.29) is 29.8 Å². The van der Waals surface area contributed by atoms with Crippen LogP contribution in [0.15, 0.2) is 48.5 Å². The quantitative estimate of drug-likeness (QED) is 0.696. The second-order valence-corrected chi connectivity index (χ2v) is 6.89. The molecule has 2 aromatic rings. The number of anilines is 1. The number of amides is 3. The van der Waals surface area contributed by atoms with Gasteiger partial charge in [0.15, 0.2) is 0 Å². The predicted molar refractivity (Wildman–Crippen MR) is 105 cm³/mol. The number of carboxylic acid groups (broad SMARTS) is 1. The van der Waals surface area contributed by atoms with E-state index < -0.39 is 12.0 Å². The number of benzene rings is 2. The molecule has 1 atom stereocenters. The van der Waals surface area contributed by atoms with Gasteiger partial charge in [0.25, 0.3) is 0 Å². The number of likely N-dealkylation sites (tertiary alicyclic amines) is 1. The van der Waals surface area contributed by atoms with E-state index in [0.29, 0.717) is 37.2 Å². The Morgan fingerprint density at radius 3 is 2.55 bits per heavy atom. The topological polar surface area (TPSA) is 98.7 Å². The van der Waals surface area contributed by atoms with Crippen LogP contribution in [0.4, 0.5) is 14.9 Å². The van der Waals surface area contributed by atoms with Crippen LogP contribution in [0.5, 0.6) is 0 Å². The summed E-state index contributed by atoms with van der Waals surface area (Å²) in [6.07, 6.45) is 1.19. The molecule has 3 N–H and O–H groups in total. The molecule has 0 radical (unpaired) electrons. The molecule has 1 fully saturated rings. The zero-order valence-electron chi connectivity index (χ0n) is 15.7. The van der Waals surface area contributed by atoms with Crippen molar-refractivity contribution in [2.24, 2.45) is 0 Å². The molecule has 0 aliphatic carbocycles. The summed E-state index contributed by atoms with van der Waals surface area (Å²) in [6, 6.07) is 11.5. The van der Waals surface area contributed by atoms with Gasteiger partial charge in [-0.15, -0.1) is 0 Å². The molecule has 3 rings (SSSR count). The predicted octanol–water partition coefficient (Wildman–Crippen LogP) is 2.88. The third-order valence-electron chi connectivity index (χ3n) is 4.83. The number of carbonyl (C=O) groups excluding carboxylic acids is 2. The van der Waals surface area contributed by atoms with Crippen LogP contribution < -0.4 is 10.6 Å². The maximum Gasteiger partial charge on any atom is 0.335 e. The highest BCUT2D eigenvalue weighted by Gasteiger charge is 2.27. The SMILES string of the molecule is O=C(Nc1ccc(F)cc1)NC1CCN(C(=O)CCc2ccccc2C(=O)O)C1. The molecule has 152 valence electrons. The van der Waals surface area contributed by atoms with Gasteiger partial charge in [-0.25, -0.2) is 14.0 Å². The van der Waals surface area contributed by atoms with Gasteiger partial charge in [0.2, 0.25) is 5.91 Å². The van der Waals surface area contributed by atoms with Gasteiger partial charge in [0.05, 0.1) is 5.56 Å². The summed E-state index contributed by atoms with van der Waals surface area (Å²) in [6.45, 7) is 0.928. The standard InChI is InChI=1S/C21H22FN3O4/c22-15-6-8-16(9-7-15)23-21(29)24-17-11-12-25(13-17)19(26)10-5-14-3-1-2-4-18(14)20(27)28/h1-4,6-9,17H,5,10-13H2,(H,27,28)(H2,23,24,29). The average molecular weight is 399 g/mol. The van der Waals surface area contributed by atoms with Crippen LogP contribution in [-0.2, 0) is 11.2 Å². The van der Waals surface area contributed by atoms with Crippen molar-refractivity contribution in [2.75, 3.05) is 18.4 Å². The van der Waals surface area contributed by atoms with Crippen molar-refractivity contribution in [2.45, 2.75) is 25.3 Å². The molecule has 0 spiro atoms. The van der Waals surface area contributed by atoms with E-state index in [2.05, 4.69) is 10.6 Å². The molecule has 1 heterocycles. The Kier molecular flexibility index (Phi) is 6.43. The normalized spacial score (nSPS) is 15.8. The second kappa shape index (κ2) is 9.18. The summed E-state index contributed by atoms with van der Waals surface area (Å²) in [5.74, 6) is -1.47. The third kappa shape index (κ3) is 5.54. The van der Waals surface area contributed by atoms with E-state index in [4.69, 9.17) is 0 Å². The number of carbonyl (C=O) groups is 3. The van der Waals surface area contributed by atoms with Crippen LogP contribution in [0.3, 0.4) is 0 Å². The molecule has 1 unspecified atom stereocenters. The van der Waals surface area contributed by atoms with E-state index in [9.17, 15) is 23.9 Å². The zero-order valence-corrected chi connectivity index (χ0v) is 15.7. The number of nitrogens with one attached hydrogen (secondary N) is 2. The molecular weight excluding hydrogens is 377 g/mol. The number of halogens is 1. The number of aromatic carboxylic acids is 1. The van der Waals surface area contributed by atoms with Gasteiger partial charge in [-0.05, 0) is 48.7 Å². The first-order valence-corrected chi connectivity index (χ1v) is 9.34. The van der Waals surface area contributed by atoms with Gasteiger partial charge >= 0.3 is 12.0 Å². The first-order chi connectivity index (χ1) is 13.9. The summed E-state index contributed by atoms with van der Waals surface area (Å²) >= 11 is 0. The average Bonchev–Trinajstić information content (AvgIpc) is 3.16. The molecule has 1 aliphatic rings. The minimum atomic E-state index is -1.01. The first-order valence-electron chi connectivity index (χ1n) is 9.34. The summed E-state index contributed by atoms with van der Waals surface area (Å²) < 4.78 is 12.9. The Bertz CT molecular complexity index is 901. The number of urea groups is 1. The lowest BCUT2D eigenvalue weighted by atomic mass is 10.0. The van der Waals surface area contributed by atoms with E-state index in [1.807, 2.05) is 0 Å². The molecule has 2 aromatic carbocycles. The third-order valence-corrected chi connectivity index (χ3v) is 4.83. The van der Waals surface area contributed by atoms with Crippen LogP contribution in [0.1, 0.15) is 28.8 Å². The fourth-order valence-electron chi connectivity index (χ4n) is 3.34.